The number of nitrogens with one attached hydrogen (secondary N) is 2. The summed E-state index contributed by atoms with van der Waals surface area (Å²) in [6.45, 7) is 8.64. The molecule has 1 spiro atoms. The molecule has 2 N–H and O–H groups in total. The van der Waals surface area contributed by atoms with Gasteiger partial charge >= 0.3 is 0 Å². The molecule has 4 rings (SSSR count). The third kappa shape index (κ3) is 2.67. The van der Waals surface area contributed by atoms with Gasteiger partial charge in [-0.25, -0.2) is 0 Å². The van der Waals surface area contributed by atoms with Crippen LogP contribution in [0.5, 0.6) is 0 Å². The first-order valence-electron chi connectivity index (χ1n) is 10.3. The van der Waals surface area contributed by atoms with Crippen molar-refractivity contribution in [2.75, 3.05) is 25.6 Å². The zero-order valence-electron chi connectivity index (χ0n) is 17.7. The molecule has 156 valence electrons. The van der Waals surface area contributed by atoms with Gasteiger partial charge in [-0.2, -0.15) is 0 Å². The molecule has 7 nitrogen and oxygen atoms in total. The van der Waals surface area contributed by atoms with E-state index in [1.165, 1.54) is 4.90 Å². The molecule has 1 aromatic rings. The van der Waals surface area contributed by atoms with Crippen molar-refractivity contribution in [2.45, 2.75) is 45.7 Å². The van der Waals surface area contributed by atoms with Crippen molar-refractivity contribution in [3.05, 3.63) is 28.8 Å². The zero-order valence-corrected chi connectivity index (χ0v) is 17.7. The molecule has 0 radical (unpaired) electrons. The van der Waals surface area contributed by atoms with Crippen molar-refractivity contribution in [1.29, 1.82) is 0 Å². The van der Waals surface area contributed by atoms with Gasteiger partial charge in [-0.05, 0) is 37.3 Å². The maximum Gasteiger partial charge on any atom is 0.250 e. The first-order valence-corrected chi connectivity index (χ1v) is 10.3. The lowest BCUT2D eigenvalue weighted by Gasteiger charge is -2.30. The van der Waals surface area contributed by atoms with Crippen LogP contribution in [0.25, 0.3) is 0 Å². The first kappa shape index (κ1) is 20.0. The quantitative estimate of drug-likeness (QED) is 0.736. The Labute approximate surface area is 171 Å². The second-order valence-corrected chi connectivity index (χ2v) is 8.90. The highest BCUT2D eigenvalue weighted by Gasteiger charge is 2.70. The Kier molecular flexibility index (Phi) is 4.78. The Morgan fingerprint density at radius 3 is 2.55 bits per heavy atom. The minimum absolute atomic E-state index is 0.197. The highest BCUT2D eigenvalue weighted by atomic mass is 16.5. The van der Waals surface area contributed by atoms with Crippen molar-refractivity contribution in [1.82, 2.24) is 10.2 Å². The number of ether oxygens (including phenoxy) is 1. The molecule has 0 unspecified atom stereocenters. The maximum atomic E-state index is 13.4. The average Bonchev–Trinajstić information content (AvgIpc) is 3.22. The number of anilines is 1. The van der Waals surface area contributed by atoms with E-state index in [0.717, 1.165) is 22.4 Å². The van der Waals surface area contributed by atoms with Gasteiger partial charge in [0.1, 0.15) is 5.54 Å². The molecule has 0 saturated carbocycles. The van der Waals surface area contributed by atoms with E-state index >= 15 is 0 Å². The number of likely N-dealkylation sites (tertiary alicyclic amines) is 1. The Balaban J connectivity index is 1.85. The third-order valence-corrected chi connectivity index (χ3v) is 6.76. The van der Waals surface area contributed by atoms with Crippen molar-refractivity contribution < 1.29 is 19.1 Å². The predicted octanol–water partition coefficient (Wildman–Crippen LogP) is 1.72. The molecule has 0 aromatic heterocycles. The van der Waals surface area contributed by atoms with Gasteiger partial charge in [0.15, 0.2) is 0 Å². The molecule has 29 heavy (non-hydrogen) atoms. The van der Waals surface area contributed by atoms with Crippen molar-refractivity contribution >= 4 is 23.4 Å². The molecule has 3 aliphatic heterocycles. The number of benzene rings is 1. The number of carbonyl (C=O) groups is 3. The minimum Gasteiger partial charge on any atom is -0.383 e. The normalized spacial score (nSPS) is 30.5. The number of hydrogen-bond donors (Lipinski definition) is 2. The minimum atomic E-state index is -1.20. The molecular formula is C22H29N3O4. The van der Waals surface area contributed by atoms with Gasteiger partial charge in [0.25, 0.3) is 0 Å². The Bertz CT molecular complexity index is 896. The number of amides is 3. The fourth-order valence-corrected chi connectivity index (χ4v) is 5.29. The zero-order chi connectivity index (χ0) is 21.1. The SMILES string of the molecule is COCCN1C(=O)[C@@H]2[C@H](CC(C)C)N[C@@]3(C(=O)Nc4c3ccc(C)c4C)[C@@H]2C1=O. The van der Waals surface area contributed by atoms with E-state index in [9.17, 15) is 14.4 Å². The van der Waals surface area contributed by atoms with E-state index in [2.05, 4.69) is 24.5 Å². The van der Waals surface area contributed by atoms with Crippen LogP contribution in [-0.4, -0.2) is 48.9 Å². The average molecular weight is 399 g/mol. The monoisotopic (exact) mass is 399 g/mol. The predicted molar refractivity (Wildman–Crippen MR) is 108 cm³/mol. The molecule has 3 aliphatic rings. The van der Waals surface area contributed by atoms with Gasteiger partial charge in [-0.1, -0.05) is 26.0 Å². The largest absolute Gasteiger partial charge is 0.383 e. The number of imide groups is 1. The molecule has 2 saturated heterocycles. The highest BCUT2D eigenvalue weighted by Crippen LogP contribution is 2.54. The van der Waals surface area contributed by atoms with Crippen LogP contribution in [0.1, 0.15) is 37.0 Å². The summed E-state index contributed by atoms with van der Waals surface area (Å²) in [5.41, 5.74) is 2.41. The molecule has 3 amide bonds. The summed E-state index contributed by atoms with van der Waals surface area (Å²) in [5, 5.41) is 6.49. The summed E-state index contributed by atoms with van der Waals surface area (Å²) < 4.78 is 5.10. The lowest BCUT2D eigenvalue weighted by atomic mass is 9.75. The second kappa shape index (κ2) is 6.92. The number of methoxy groups -OCH3 is 1. The van der Waals surface area contributed by atoms with Gasteiger partial charge in [-0.3, -0.25) is 24.6 Å². The maximum absolute atomic E-state index is 13.4. The topological polar surface area (TPSA) is 87.7 Å². The van der Waals surface area contributed by atoms with Crippen LogP contribution in [-0.2, 0) is 24.7 Å². The van der Waals surface area contributed by atoms with E-state index in [1.807, 2.05) is 26.0 Å². The molecule has 4 atom stereocenters. The van der Waals surface area contributed by atoms with Gasteiger partial charge < -0.3 is 10.1 Å². The van der Waals surface area contributed by atoms with E-state index in [0.29, 0.717) is 12.3 Å². The fraction of sp³-hybridized carbons (Fsp3) is 0.591. The van der Waals surface area contributed by atoms with Crippen molar-refractivity contribution in [3.8, 4) is 0 Å². The number of fused-ring (bicyclic) bond motifs is 4. The summed E-state index contributed by atoms with van der Waals surface area (Å²) in [7, 11) is 1.54. The number of aryl methyl sites for hydroxylation is 1. The summed E-state index contributed by atoms with van der Waals surface area (Å²) in [4.78, 5) is 41.4. The van der Waals surface area contributed by atoms with Gasteiger partial charge in [0.05, 0.1) is 25.0 Å². The fourth-order valence-electron chi connectivity index (χ4n) is 5.29. The molecule has 1 aromatic carbocycles. The van der Waals surface area contributed by atoms with E-state index < -0.39 is 17.4 Å². The third-order valence-electron chi connectivity index (χ3n) is 6.76. The van der Waals surface area contributed by atoms with Crippen LogP contribution >= 0.6 is 0 Å². The number of hydrogen-bond acceptors (Lipinski definition) is 5. The van der Waals surface area contributed by atoms with Crippen LogP contribution < -0.4 is 10.6 Å². The van der Waals surface area contributed by atoms with Crippen molar-refractivity contribution in [2.24, 2.45) is 17.8 Å². The van der Waals surface area contributed by atoms with Crippen LogP contribution in [0.15, 0.2) is 12.1 Å². The van der Waals surface area contributed by atoms with Crippen LogP contribution in [0.4, 0.5) is 5.69 Å². The highest BCUT2D eigenvalue weighted by molar-refractivity contribution is 6.15. The molecular weight excluding hydrogens is 370 g/mol. The van der Waals surface area contributed by atoms with Crippen molar-refractivity contribution in [3.63, 3.8) is 0 Å². The standard InChI is InChI=1S/C22H29N3O4/c1-11(2)10-15-16-17(20(27)25(19(16)26)8-9-29-5)22(24-15)14-7-6-12(3)13(4)18(14)23-21(22)28/h6-7,11,15-17,24H,8-10H2,1-5H3,(H,23,28)/t15-,16+,17-,22+/m0/s1. The smallest absolute Gasteiger partial charge is 0.250 e. The summed E-state index contributed by atoms with van der Waals surface area (Å²) >= 11 is 0. The Hall–Kier alpha value is -2.25. The first-order chi connectivity index (χ1) is 13.7. The van der Waals surface area contributed by atoms with E-state index in [1.54, 1.807) is 7.11 Å². The Morgan fingerprint density at radius 1 is 1.17 bits per heavy atom. The lowest BCUT2D eigenvalue weighted by molar-refractivity contribution is -0.143. The number of carbonyl (C=O) groups excluding carboxylic acids is 3. The van der Waals surface area contributed by atoms with E-state index in [4.69, 9.17) is 4.74 Å². The molecule has 0 aliphatic carbocycles. The molecule has 0 bridgehead atoms. The number of rotatable bonds is 5. The summed E-state index contributed by atoms with van der Waals surface area (Å²) in [5.74, 6) is -1.67. The molecule has 7 heteroatoms. The van der Waals surface area contributed by atoms with Gasteiger partial charge in [0.2, 0.25) is 17.7 Å². The van der Waals surface area contributed by atoms with Crippen LogP contribution in [0.3, 0.4) is 0 Å². The summed E-state index contributed by atoms with van der Waals surface area (Å²) in [6, 6.07) is 3.67. The number of nitrogens with zero attached hydrogens (tertiary/aromatic N) is 1. The Morgan fingerprint density at radius 2 is 1.90 bits per heavy atom. The molecule has 3 heterocycles. The van der Waals surface area contributed by atoms with E-state index in [-0.39, 0.29) is 36.9 Å². The van der Waals surface area contributed by atoms with Gasteiger partial charge in [-0.15, -0.1) is 0 Å². The van der Waals surface area contributed by atoms with Crippen LogP contribution in [0.2, 0.25) is 0 Å². The summed E-state index contributed by atoms with van der Waals surface area (Å²) in [6.07, 6.45) is 0.716. The lowest BCUT2D eigenvalue weighted by Crippen LogP contribution is -2.53. The van der Waals surface area contributed by atoms with Gasteiger partial charge in [0, 0.05) is 24.4 Å². The second-order valence-electron chi connectivity index (χ2n) is 8.90. The molecule has 2 fully saturated rings. The van der Waals surface area contributed by atoms with Crippen LogP contribution in [0, 0.1) is 31.6 Å².